The van der Waals surface area contributed by atoms with E-state index in [0.29, 0.717) is 18.1 Å². The molecule has 1 fully saturated rings. The Morgan fingerprint density at radius 2 is 2.15 bits per heavy atom. The number of rotatable bonds is 5. The van der Waals surface area contributed by atoms with Crippen molar-refractivity contribution in [3.05, 3.63) is 34.9 Å². The van der Waals surface area contributed by atoms with Gasteiger partial charge in [-0.2, -0.15) is 0 Å². The normalized spacial score (nSPS) is 26.7. The third kappa shape index (κ3) is 2.76. The molecule has 3 heteroatoms. The standard InChI is InChI=1S/C17H25NO2/c1-3-7-18-17(16-6-8-20-12(16)2)13-4-5-14-10-19-11-15(14)9-13/h4-5,9,12,16-18H,3,6-8,10-11H2,1-2H3. The van der Waals surface area contributed by atoms with Gasteiger partial charge in [0.2, 0.25) is 0 Å². The van der Waals surface area contributed by atoms with Crippen LogP contribution in [-0.4, -0.2) is 19.3 Å². The molecule has 3 rings (SSSR count). The molecule has 0 amide bonds. The van der Waals surface area contributed by atoms with Gasteiger partial charge in [-0.15, -0.1) is 0 Å². The molecule has 0 radical (unpaired) electrons. The van der Waals surface area contributed by atoms with E-state index in [1.54, 1.807) is 0 Å². The first-order valence-electron chi connectivity index (χ1n) is 7.84. The molecular weight excluding hydrogens is 250 g/mol. The van der Waals surface area contributed by atoms with Crippen molar-refractivity contribution in [1.29, 1.82) is 0 Å². The van der Waals surface area contributed by atoms with Crippen LogP contribution in [0.3, 0.4) is 0 Å². The van der Waals surface area contributed by atoms with Crippen molar-refractivity contribution in [3.8, 4) is 0 Å². The van der Waals surface area contributed by atoms with Gasteiger partial charge in [0.1, 0.15) is 0 Å². The molecule has 2 aliphatic rings. The largest absolute Gasteiger partial charge is 0.378 e. The zero-order valence-corrected chi connectivity index (χ0v) is 12.5. The first kappa shape index (κ1) is 14.1. The molecule has 3 nitrogen and oxygen atoms in total. The van der Waals surface area contributed by atoms with Gasteiger partial charge in [0.25, 0.3) is 0 Å². The first-order valence-corrected chi connectivity index (χ1v) is 7.84. The molecule has 110 valence electrons. The molecule has 0 aromatic heterocycles. The minimum absolute atomic E-state index is 0.342. The monoisotopic (exact) mass is 275 g/mol. The van der Waals surface area contributed by atoms with Crippen molar-refractivity contribution in [3.63, 3.8) is 0 Å². The molecular formula is C17H25NO2. The summed E-state index contributed by atoms with van der Waals surface area (Å²) in [6.45, 7) is 7.90. The SMILES string of the molecule is CCCNC(c1ccc2c(c1)COC2)C1CCOC1C. The van der Waals surface area contributed by atoms with E-state index in [1.807, 2.05) is 0 Å². The van der Waals surface area contributed by atoms with Crippen LogP contribution in [0.15, 0.2) is 18.2 Å². The van der Waals surface area contributed by atoms with E-state index in [4.69, 9.17) is 9.47 Å². The van der Waals surface area contributed by atoms with Gasteiger partial charge in [-0.25, -0.2) is 0 Å². The predicted molar refractivity (Wildman–Crippen MR) is 79.5 cm³/mol. The molecule has 1 N–H and O–H groups in total. The molecule has 1 aromatic carbocycles. The van der Waals surface area contributed by atoms with Crippen LogP contribution < -0.4 is 5.32 Å². The van der Waals surface area contributed by atoms with Gasteiger partial charge in [-0.05, 0) is 43.0 Å². The Kier molecular flexibility index (Phi) is 4.39. The Morgan fingerprint density at radius 1 is 1.30 bits per heavy atom. The third-order valence-corrected chi connectivity index (χ3v) is 4.58. The second-order valence-corrected chi connectivity index (χ2v) is 5.98. The molecule has 3 atom stereocenters. The van der Waals surface area contributed by atoms with Crippen LogP contribution in [0.5, 0.6) is 0 Å². The number of benzene rings is 1. The third-order valence-electron chi connectivity index (χ3n) is 4.58. The maximum Gasteiger partial charge on any atom is 0.0725 e. The summed E-state index contributed by atoms with van der Waals surface area (Å²) in [5, 5.41) is 3.73. The zero-order valence-electron chi connectivity index (χ0n) is 12.5. The highest BCUT2D eigenvalue weighted by Gasteiger charge is 2.32. The summed E-state index contributed by atoms with van der Waals surface area (Å²) in [6.07, 6.45) is 2.65. The van der Waals surface area contributed by atoms with Crippen LogP contribution in [-0.2, 0) is 22.7 Å². The van der Waals surface area contributed by atoms with Crippen LogP contribution >= 0.6 is 0 Å². The topological polar surface area (TPSA) is 30.5 Å². The summed E-state index contributed by atoms with van der Waals surface area (Å²) in [4.78, 5) is 0. The highest BCUT2D eigenvalue weighted by atomic mass is 16.5. The molecule has 0 saturated carbocycles. The van der Waals surface area contributed by atoms with Gasteiger partial charge in [0.05, 0.1) is 19.3 Å². The maximum absolute atomic E-state index is 5.78. The van der Waals surface area contributed by atoms with Crippen LogP contribution in [0.1, 0.15) is 49.4 Å². The van der Waals surface area contributed by atoms with E-state index in [1.165, 1.54) is 16.7 Å². The number of nitrogens with one attached hydrogen (secondary N) is 1. The average Bonchev–Trinajstić information content (AvgIpc) is 3.08. The molecule has 2 aliphatic heterocycles. The van der Waals surface area contributed by atoms with Crippen molar-refractivity contribution in [2.45, 2.75) is 52.0 Å². The maximum atomic E-state index is 5.78. The van der Waals surface area contributed by atoms with Crippen molar-refractivity contribution in [2.24, 2.45) is 5.92 Å². The van der Waals surface area contributed by atoms with Gasteiger partial charge in [-0.3, -0.25) is 0 Å². The zero-order chi connectivity index (χ0) is 13.9. The summed E-state index contributed by atoms with van der Waals surface area (Å²) in [5.74, 6) is 0.571. The molecule has 1 saturated heterocycles. The summed E-state index contributed by atoms with van der Waals surface area (Å²) >= 11 is 0. The minimum Gasteiger partial charge on any atom is -0.378 e. The summed E-state index contributed by atoms with van der Waals surface area (Å²) < 4.78 is 11.3. The van der Waals surface area contributed by atoms with Crippen molar-refractivity contribution in [1.82, 2.24) is 5.32 Å². The summed E-state index contributed by atoms with van der Waals surface area (Å²) in [7, 11) is 0. The average molecular weight is 275 g/mol. The van der Waals surface area contributed by atoms with Gasteiger partial charge in [-0.1, -0.05) is 25.1 Å². The van der Waals surface area contributed by atoms with Crippen molar-refractivity contribution >= 4 is 0 Å². The highest BCUT2D eigenvalue weighted by molar-refractivity contribution is 5.35. The Hall–Kier alpha value is -0.900. The van der Waals surface area contributed by atoms with E-state index in [9.17, 15) is 0 Å². The fourth-order valence-electron chi connectivity index (χ4n) is 3.39. The number of ether oxygens (including phenoxy) is 2. The second-order valence-electron chi connectivity index (χ2n) is 5.98. The minimum atomic E-state index is 0.342. The lowest BCUT2D eigenvalue weighted by molar-refractivity contribution is 0.0953. The smallest absolute Gasteiger partial charge is 0.0725 e. The summed E-state index contributed by atoms with van der Waals surface area (Å²) in [6, 6.07) is 7.24. The van der Waals surface area contributed by atoms with E-state index in [2.05, 4.69) is 37.4 Å². The molecule has 2 heterocycles. The number of hydrogen-bond donors (Lipinski definition) is 1. The number of hydrogen-bond acceptors (Lipinski definition) is 3. The van der Waals surface area contributed by atoms with E-state index in [-0.39, 0.29) is 0 Å². The lowest BCUT2D eigenvalue weighted by Gasteiger charge is -2.28. The fourth-order valence-corrected chi connectivity index (χ4v) is 3.39. The Morgan fingerprint density at radius 3 is 2.90 bits per heavy atom. The fraction of sp³-hybridized carbons (Fsp3) is 0.647. The molecule has 20 heavy (non-hydrogen) atoms. The molecule has 0 bridgehead atoms. The Balaban J connectivity index is 1.84. The van der Waals surface area contributed by atoms with Gasteiger partial charge >= 0.3 is 0 Å². The Bertz CT molecular complexity index is 460. The molecule has 0 spiro atoms. The van der Waals surface area contributed by atoms with Crippen molar-refractivity contribution in [2.75, 3.05) is 13.2 Å². The Labute approximate surface area is 121 Å². The van der Waals surface area contributed by atoms with Crippen LogP contribution in [0.25, 0.3) is 0 Å². The molecule has 0 aliphatic carbocycles. The van der Waals surface area contributed by atoms with Crippen LogP contribution in [0.2, 0.25) is 0 Å². The van der Waals surface area contributed by atoms with E-state index < -0.39 is 0 Å². The van der Waals surface area contributed by atoms with Gasteiger partial charge < -0.3 is 14.8 Å². The van der Waals surface area contributed by atoms with E-state index >= 15 is 0 Å². The van der Waals surface area contributed by atoms with Gasteiger partial charge in [0.15, 0.2) is 0 Å². The molecule has 3 unspecified atom stereocenters. The first-order chi connectivity index (χ1) is 9.79. The summed E-state index contributed by atoms with van der Waals surface area (Å²) in [5.41, 5.74) is 4.10. The van der Waals surface area contributed by atoms with Gasteiger partial charge in [0, 0.05) is 18.6 Å². The molecule has 1 aromatic rings. The van der Waals surface area contributed by atoms with Crippen LogP contribution in [0, 0.1) is 5.92 Å². The van der Waals surface area contributed by atoms with E-state index in [0.717, 1.165) is 39.2 Å². The van der Waals surface area contributed by atoms with Crippen molar-refractivity contribution < 1.29 is 9.47 Å². The predicted octanol–water partition coefficient (Wildman–Crippen LogP) is 3.18. The number of fused-ring (bicyclic) bond motifs is 1. The quantitative estimate of drug-likeness (QED) is 0.895. The second kappa shape index (κ2) is 6.25. The lowest BCUT2D eigenvalue weighted by Crippen LogP contribution is -2.32. The highest BCUT2D eigenvalue weighted by Crippen LogP contribution is 2.35. The van der Waals surface area contributed by atoms with Crippen LogP contribution in [0.4, 0.5) is 0 Å². The lowest BCUT2D eigenvalue weighted by atomic mass is 9.87.